The van der Waals surface area contributed by atoms with Gasteiger partial charge in [0.05, 0.1) is 12.3 Å². The maximum absolute atomic E-state index is 11.7. The number of piperazine rings is 1. The highest BCUT2D eigenvalue weighted by Gasteiger charge is 2.22. The molecule has 128 valence electrons. The monoisotopic (exact) mass is 393 g/mol. The summed E-state index contributed by atoms with van der Waals surface area (Å²) in [6, 6.07) is 7.87. The second kappa shape index (κ2) is 7.81. The van der Waals surface area contributed by atoms with E-state index in [0.29, 0.717) is 25.6 Å². The molecule has 0 spiro atoms. The Morgan fingerprint density at radius 2 is 1.96 bits per heavy atom. The molecule has 7 heteroatoms. The van der Waals surface area contributed by atoms with Crippen LogP contribution in [0.4, 0.5) is 4.79 Å². The van der Waals surface area contributed by atoms with Crippen molar-refractivity contribution in [3.8, 4) is 11.5 Å². The van der Waals surface area contributed by atoms with E-state index in [1.165, 1.54) is 0 Å². The van der Waals surface area contributed by atoms with Crippen molar-refractivity contribution < 1.29 is 13.9 Å². The molecule has 1 amide bonds. The summed E-state index contributed by atoms with van der Waals surface area (Å²) in [5, 5.41) is 0. The van der Waals surface area contributed by atoms with Crippen LogP contribution in [-0.2, 0) is 11.3 Å². The Hall–Kier alpha value is -1.86. The van der Waals surface area contributed by atoms with E-state index >= 15 is 0 Å². The van der Waals surface area contributed by atoms with Crippen LogP contribution >= 0.6 is 15.9 Å². The van der Waals surface area contributed by atoms with Crippen LogP contribution in [0.1, 0.15) is 12.6 Å². The molecule has 2 aromatic rings. The molecule has 1 aliphatic rings. The van der Waals surface area contributed by atoms with Gasteiger partial charge >= 0.3 is 6.09 Å². The average Bonchev–Trinajstić information content (AvgIpc) is 3.05. The summed E-state index contributed by atoms with van der Waals surface area (Å²) in [6.45, 7) is 5.92. The van der Waals surface area contributed by atoms with Gasteiger partial charge in [-0.25, -0.2) is 9.78 Å². The van der Waals surface area contributed by atoms with Gasteiger partial charge < -0.3 is 14.1 Å². The number of carbonyl (C=O) groups excluding carboxylic acids is 1. The molecule has 2 heterocycles. The molecule has 1 fully saturated rings. The van der Waals surface area contributed by atoms with Gasteiger partial charge in [-0.05, 0) is 31.2 Å². The predicted molar refractivity (Wildman–Crippen MR) is 93.5 cm³/mol. The lowest BCUT2D eigenvalue weighted by atomic mass is 10.2. The largest absolute Gasteiger partial charge is 0.450 e. The van der Waals surface area contributed by atoms with Crippen molar-refractivity contribution in [3.05, 3.63) is 40.7 Å². The van der Waals surface area contributed by atoms with E-state index in [9.17, 15) is 4.79 Å². The molecular formula is C17H20BrN3O3. The third-order valence-electron chi connectivity index (χ3n) is 3.93. The van der Waals surface area contributed by atoms with Gasteiger partial charge in [-0.1, -0.05) is 15.9 Å². The maximum atomic E-state index is 11.7. The number of carbonyl (C=O) groups is 1. The van der Waals surface area contributed by atoms with Gasteiger partial charge in [0.2, 0.25) is 5.89 Å². The number of benzene rings is 1. The molecule has 0 aliphatic carbocycles. The lowest BCUT2D eigenvalue weighted by molar-refractivity contribution is 0.0775. The number of hydrogen-bond acceptors (Lipinski definition) is 5. The number of nitrogens with zero attached hydrogens (tertiary/aromatic N) is 3. The molecule has 0 bridgehead atoms. The zero-order chi connectivity index (χ0) is 16.9. The fraction of sp³-hybridized carbons (Fsp3) is 0.412. The van der Waals surface area contributed by atoms with Crippen LogP contribution in [-0.4, -0.2) is 53.7 Å². The molecule has 0 radical (unpaired) electrons. The quantitative estimate of drug-likeness (QED) is 0.796. The Kier molecular flexibility index (Phi) is 5.52. The average molecular weight is 394 g/mol. The summed E-state index contributed by atoms with van der Waals surface area (Å²) in [6.07, 6.45) is 1.48. The number of amides is 1. The smallest absolute Gasteiger partial charge is 0.409 e. The number of oxazole rings is 1. The zero-order valence-electron chi connectivity index (χ0n) is 13.6. The number of hydrogen-bond donors (Lipinski definition) is 0. The summed E-state index contributed by atoms with van der Waals surface area (Å²) in [5.41, 5.74) is 1.86. The molecule has 0 N–H and O–H groups in total. The van der Waals surface area contributed by atoms with Crippen LogP contribution in [0.5, 0.6) is 0 Å². The highest BCUT2D eigenvalue weighted by Crippen LogP contribution is 2.21. The van der Waals surface area contributed by atoms with Crippen molar-refractivity contribution in [2.24, 2.45) is 0 Å². The first-order chi connectivity index (χ1) is 11.7. The second-order valence-electron chi connectivity index (χ2n) is 5.61. The van der Waals surface area contributed by atoms with E-state index in [-0.39, 0.29) is 6.09 Å². The SMILES string of the molecule is CCOC(=O)N1CCN(Cc2coc(-c3ccc(Br)cc3)n2)CC1. The Morgan fingerprint density at radius 3 is 2.62 bits per heavy atom. The van der Waals surface area contributed by atoms with Crippen molar-refractivity contribution >= 4 is 22.0 Å². The van der Waals surface area contributed by atoms with Gasteiger partial charge in [0, 0.05) is 42.8 Å². The van der Waals surface area contributed by atoms with Gasteiger partial charge in [-0.3, -0.25) is 4.90 Å². The van der Waals surface area contributed by atoms with Gasteiger partial charge in [-0.15, -0.1) is 0 Å². The van der Waals surface area contributed by atoms with Gasteiger partial charge in [0.25, 0.3) is 0 Å². The lowest BCUT2D eigenvalue weighted by Crippen LogP contribution is -2.48. The second-order valence-corrected chi connectivity index (χ2v) is 6.53. The Labute approximate surface area is 149 Å². The molecule has 0 saturated carbocycles. The first-order valence-electron chi connectivity index (χ1n) is 8.00. The highest BCUT2D eigenvalue weighted by atomic mass is 79.9. The van der Waals surface area contributed by atoms with Crippen molar-refractivity contribution in [3.63, 3.8) is 0 Å². The molecule has 1 aromatic heterocycles. The van der Waals surface area contributed by atoms with E-state index in [4.69, 9.17) is 9.15 Å². The molecule has 3 rings (SSSR count). The van der Waals surface area contributed by atoms with E-state index in [1.807, 2.05) is 31.2 Å². The molecule has 6 nitrogen and oxygen atoms in total. The summed E-state index contributed by atoms with van der Waals surface area (Å²) in [4.78, 5) is 20.3. The Morgan fingerprint density at radius 1 is 1.25 bits per heavy atom. The van der Waals surface area contributed by atoms with Gasteiger partial charge in [-0.2, -0.15) is 0 Å². The predicted octanol–water partition coefficient (Wildman–Crippen LogP) is 3.38. The normalized spacial score (nSPS) is 15.5. The maximum Gasteiger partial charge on any atom is 0.409 e. The Balaban J connectivity index is 1.54. The standard InChI is InChI=1S/C17H20BrN3O3/c1-2-23-17(22)21-9-7-20(8-10-21)11-15-12-24-16(19-15)13-3-5-14(18)6-4-13/h3-6,12H,2,7-11H2,1H3. The first kappa shape index (κ1) is 17.0. The molecule has 1 aromatic carbocycles. The zero-order valence-corrected chi connectivity index (χ0v) is 15.2. The fourth-order valence-corrected chi connectivity index (χ4v) is 2.90. The fourth-order valence-electron chi connectivity index (χ4n) is 2.64. The van der Waals surface area contributed by atoms with Crippen molar-refractivity contribution in [2.45, 2.75) is 13.5 Å². The van der Waals surface area contributed by atoms with E-state index in [0.717, 1.165) is 35.4 Å². The molecule has 24 heavy (non-hydrogen) atoms. The van der Waals surface area contributed by atoms with Gasteiger partial charge in [0.15, 0.2) is 0 Å². The van der Waals surface area contributed by atoms with Crippen LogP contribution in [0, 0.1) is 0 Å². The first-order valence-corrected chi connectivity index (χ1v) is 8.79. The molecule has 0 atom stereocenters. The number of rotatable bonds is 4. The van der Waals surface area contributed by atoms with Gasteiger partial charge in [0.1, 0.15) is 6.26 Å². The third-order valence-corrected chi connectivity index (χ3v) is 4.46. The van der Waals surface area contributed by atoms with E-state index in [1.54, 1.807) is 11.2 Å². The topological polar surface area (TPSA) is 58.8 Å². The molecule has 0 unspecified atom stereocenters. The number of aromatic nitrogens is 1. The summed E-state index contributed by atoms with van der Waals surface area (Å²) in [5.74, 6) is 0.627. The van der Waals surface area contributed by atoms with Crippen LogP contribution in [0.3, 0.4) is 0 Å². The molecular weight excluding hydrogens is 374 g/mol. The van der Waals surface area contributed by atoms with Crippen LogP contribution in [0.25, 0.3) is 11.5 Å². The highest BCUT2D eigenvalue weighted by molar-refractivity contribution is 9.10. The number of ether oxygens (including phenoxy) is 1. The van der Waals surface area contributed by atoms with Crippen molar-refractivity contribution in [2.75, 3.05) is 32.8 Å². The lowest BCUT2D eigenvalue weighted by Gasteiger charge is -2.33. The minimum Gasteiger partial charge on any atom is -0.450 e. The van der Waals surface area contributed by atoms with Crippen molar-refractivity contribution in [1.29, 1.82) is 0 Å². The van der Waals surface area contributed by atoms with Crippen LogP contribution in [0.2, 0.25) is 0 Å². The molecule has 1 saturated heterocycles. The van der Waals surface area contributed by atoms with Crippen molar-refractivity contribution in [1.82, 2.24) is 14.8 Å². The minimum absolute atomic E-state index is 0.226. The minimum atomic E-state index is -0.226. The van der Waals surface area contributed by atoms with E-state index in [2.05, 4.69) is 25.8 Å². The molecule has 1 aliphatic heterocycles. The number of halogens is 1. The third kappa shape index (κ3) is 4.15. The van der Waals surface area contributed by atoms with E-state index < -0.39 is 0 Å². The Bertz CT molecular complexity index is 679. The van der Waals surface area contributed by atoms with Crippen LogP contribution < -0.4 is 0 Å². The summed E-state index contributed by atoms with van der Waals surface area (Å²) in [7, 11) is 0. The summed E-state index contributed by atoms with van der Waals surface area (Å²) >= 11 is 3.42. The van der Waals surface area contributed by atoms with Crippen LogP contribution in [0.15, 0.2) is 39.4 Å². The summed E-state index contributed by atoms with van der Waals surface area (Å²) < 4.78 is 11.6.